The predicted molar refractivity (Wildman–Crippen MR) is 128 cm³/mol. The van der Waals surface area contributed by atoms with E-state index in [0.717, 1.165) is 0 Å². The van der Waals surface area contributed by atoms with E-state index in [-0.39, 0.29) is 10.8 Å². The minimum absolute atomic E-state index is 0.0770. The zero-order valence-electron chi connectivity index (χ0n) is 17.6. The fourth-order valence-electron chi connectivity index (χ4n) is 2.84. The average Bonchev–Trinajstić information content (AvgIpc) is 2.77. The van der Waals surface area contributed by atoms with Crippen molar-refractivity contribution in [3.63, 3.8) is 0 Å². The summed E-state index contributed by atoms with van der Waals surface area (Å²) in [6, 6.07) is 17.6. The van der Waals surface area contributed by atoms with Gasteiger partial charge < -0.3 is 14.8 Å². The summed E-state index contributed by atoms with van der Waals surface area (Å²) in [6.45, 7) is 4.81. The Hall–Kier alpha value is -3.04. The highest BCUT2D eigenvalue weighted by Crippen LogP contribution is 2.27. The lowest BCUT2D eigenvalue weighted by molar-refractivity contribution is 0.102. The zero-order chi connectivity index (χ0) is 23.1. The Bertz CT molecular complexity index is 1180. The number of nitrogens with one attached hydrogen (secondary N) is 2. The van der Waals surface area contributed by atoms with Gasteiger partial charge in [0.1, 0.15) is 11.5 Å². The van der Waals surface area contributed by atoms with Crippen LogP contribution in [0.3, 0.4) is 0 Å². The molecule has 0 spiro atoms. The maximum Gasteiger partial charge on any atom is 0.261 e. The molecule has 0 aliphatic carbocycles. The van der Waals surface area contributed by atoms with E-state index in [1.165, 1.54) is 24.3 Å². The molecular weight excluding hydrogens is 496 g/mol. The molecule has 0 bridgehead atoms. The Labute approximate surface area is 195 Å². The molecule has 0 saturated carbocycles. The van der Waals surface area contributed by atoms with Crippen molar-refractivity contribution < 1.29 is 22.7 Å². The Morgan fingerprint density at radius 2 is 1.50 bits per heavy atom. The molecule has 1 amide bonds. The molecule has 0 saturated heterocycles. The molecule has 0 aromatic heterocycles. The molecule has 3 rings (SSSR count). The van der Waals surface area contributed by atoms with Crippen molar-refractivity contribution in [2.24, 2.45) is 0 Å². The first kappa shape index (κ1) is 23.6. The summed E-state index contributed by atoms with van der Waals surface area (Å²) >= 11 is 3.39. The van der Waals surface area contributed by atoms with Gasteiger partial charge >= 0.3 is 0 Å². The van der Waals surface area contributed by atoms with Gasteiger partial charge in [-0.3, -0.25) is 9.52 Å². The maximum atomic E-state index is 12.6. The van der Waals surface area contributed by atoms with E-state index >= 15 is 0 Å². The Morgan fingerprint density at radius 3 is 2.09 bits per heavy atom. The van der Waals surface area contributed by atoms with Gasteiger partial charge in [-0.2, -0.15) is 0 Å². The number of rotatable bonds is 9. The second-order valence-corrected chi connectivity index (χ2v) is 9.16. The quantitative estimate of drug-likeness (QED) is 0.400. The number of hydrogen-bond donors (Lipinski definition) is 2. The van der Waals surface area contributed by atoms with E-state index < -0.39 is 10.0 Å². The molecule has 7 nitrogen and oxygen atoms in total. The van der Waals surface area contributed by atoms with Crippen LogP contribution in [0.5, 0.6) is 11.5 Å². The van der Waals surface area contributed by atoms with Crippen LogP contribution in [0.25, 0.3) is 0 Å². The molecule has 32 heavy (non-hydrogen) atoms. The summed E-state index contributed by atoms with van der Waals surface area (Å²) in [7, 11) is -3.78. The van der Waals surface area contributed by atoms with Gasteiger partial charge in [-0.15, -0.1) is 0 Å². The number of anilines is 2. The second kappa shape index (κ2) is 10.5. The van der Waals surface area contributed by atoms with Crippen molar-refractivity contribution in [3.8, 4) is 11.5 Å². The fourth-order valence-corrected chi connectivity index (χ4v) is 4.39. The predicted octanol–water partition coefficient (Wildman–Crippen LogP) is 5.30. The Morgan fingerprint density at radius 1 is 0.875 bits per heavy atom. The third-order valence-corrected chi connectivity index (χ3v) is 6.35. The third kappa shape index (κ3) is 6.02. The van der Waals surface area contributed by atoms with Crippen LogP contribution in [0.1, 0.15) is 24.2 Å². The number of carbonyl (C=O) groups is 1. The Balaban J connectivity index is 1.67. The molecule has 9 heteroatoms. The molecule has 3 aromatic rings. The van der Waals surface area contributed by atoms with Crippen molar-refractivity contribution in [1.82, 2.24) is 0 Å². The lowest BCUT2D eigenvalue weighted by atomic mass is 10.2. The minimum atomic E-state index is -3.78. The number of ether oxygens (including phenoxy) is 2. The van der Waals surface area contributed by atoms with E-state index in [2.05, 4.69) is 26.0 Å². The summed E-state index contributed by atoms with van der Waals surface area (Å²) in [5.74, 6) is 0.991. The number of amides is 1. The zero-order valence-corrected chi connectivity index (χ0v) is 20.0. The van der Waals surface area contributed by atoms with Crippen LogP contribution in [0.2, 0.25) is 0 Å². The number of carbonyl (C=O) groups excluding carboxylic acids is 1. The monoisotopic (exact) mass is 518 g/mol. The molecule has 0 fully saturated rings. The van der Waals surface area contributed by atoms with Crippen molar-refractivity contribution in [3.05, 3.63) is 76.8 Å². The first-order chi connectivity index (χ1) is 15.3. The van der Waals surface area contributed by atoms with E-state index in [9.17, 15) is 13.2 Å². The van der Waals surface area contributed by atoms with Crippen LogP contribution in [0.15, 0.2) is 76.1 Å². The number of halogens is 1. The lowest BCUT2D eigenvalue weighted by Crippen LogP contribution is -2.14. The normalized spacial score (nSPS) is 11.0. The van der Waals surface area contributed by atoms with Crippen molar-refractivity contribution in [1.29, 1.82) is 0 Å². The van der Waals surface area contributed by atoms with Gasteiger partial charge in [0.2, 0.25) is 0 Å². The van der Waals surface area contributed by atoms with Gasteiger partial charge in [0.15, 0.2) is 0 Å². The van der Waals surface area contributed by atoms with Gasteiger partial charge in [0.25, 0.3) is 15.9 Å². The maximum absolute atomic E-state index is 12.6. The van der Waals surface area contributed by atoms with E-state index in [1.54, 1.807) is 42.5 Å². The Kier molecular flexibility index (Phi) is 7.76. The van der Waals surface area contributed by atoms with Gasteiger partial charge in [-0.05, 0) is 96.5 Å². The van der Waals surface area contributed by atoms with Crippen LogP contribution in [-0.4, -0.2) is 27.5 Å². The number of hydrogen-bond acceptors (Lipinski definition) is 5. The molecule has 0 radical (unpaired) electrons. The van der Waals surface area contributed by atoms with Crippen LogP contribution < -0.4 is 19.5 Å². The van der Waals surface area contributed by atoms with Gasteiger partial charge in [0, 0.05) is 16.9 Å². The SMILES string of the molecule is CCOc1ccc(NS(=O)(=O)c2ccc(NC(=O)c3ccc(OCC)c(Br)c3)cc2)cc1. The highest BCUT2D eigenvalue weighted by molar-refractivity contribution is 9.10. The van der Waals surface area contributed by atoms with E-state index in [0.29, 0.717) is 46.1 Å². The molecule has 168 valence electrons. The first-order valence-electron chi connectivity index (χ1n) is 9.92. The summed E-state index contributed by atoms with van der Waals surface area (Å²) in [4.78, 5) is 12.6. The van der Waals surface area contributed by atoms with Crippen LogP contribution >= 0.6 is 15.9 Å². The topological polar surface area (TPSA) is 93.7 Å². The first-order valence-corrected chi connectivity index (χ1v) is 12.2. The van der Waals surface area contributed by atoms with Crippen LogP contribution in [0, 0.1) is 0 Å². The highest BCUT2D eigenvalue weighted by atomic mass is 79.9. The molecular formula is C23H23BrN2O5S. The summed E-state index contributed by atoms with van der Waals surface area (Å²) in [6.07, 6.45) is 0. The van der Waals surface area contributed by atoms with Gasteiger partial charge in [-0.1, -0.05) is 0 Å². The second-order valence-electron chi connectivity index (χ2n) is 6.62. The van der Waals surface area contributed by atoms with Gasteiger partial charge in [0.05, 0.1) is 22.6 Å². The molecule has 0 atom stereocenters. The standard InChI is InChI=1S/C23H23BrN2O5S/c1-3-30-19-10-6-18(7-11-19)26-32(28,29)20-12-8-17(9-13-20)25-23(27)16-5-14-22(31-4-2)21(24)15-16/h5-15,26H,3-4H2,1-2H3,(H,25,27). The van der Waals surface area contributed by atoms with Crippen molar-refractivity contribution in [2.45, 2.75) is 18.7 Å². The number of sulfonamides is 1. The molecule has 0 aliphatic rings. The summed E-state index contributed by atoms with van der Waals surface area (Å²) in [5, 5.41) is 2.75. The summed E-state index contributed by atoms with van der Waals surface area (Å²) < 4.78 is 39.3. The minimum Gasteiger partial charge on any atom is -0.494 e. The van der Waals surface area contributed by atoms with Gasteiger partial charge in [-0.25, -0.2) is 8.42 Å². The molecule has 0 heterocycles. The molecule has 0 unspecified atom stereocenters. The van der Waals surface area contributed by atoms with Crippen molar-refractivity contribution >= 4 is 43.2 Å². The molecule has 0 aliphatic heterocycles. The summed E-state index contributed by atoms with van der Waals surface area (Å²) in [5.41, 5.74) is 1.33. The average molecular weight is 519 g/mol. The molecule has 3 aromatic carbocycles. The molecule has 2 N–H and O–H groups in total. The largest absolute Gasteiger partial charge is 0.494 e. The highest BCUT2D eigenvalue weighted by Gasteiger charge is 2.15. The third-order valence-electron chi connectivity index (χ3n) is 4.33. The number of benzene rings is 3. The van der Waals surface area contributed by atoms with E-state index in [4.69, 9.17) is 9.47 Å². The fraction of sp³-hybridized carbons (Fsp3) is 0.174. The smallest absolute Gasteiger partial charge is 0.261 e. The van der Waals surface area contributed by atoms with Crippen LogP contribution in [-0.2, 0) is 10.0 Å². The van der Waals surface area contributed by atoms with Crippen LogP contribution in [0.4, 0.5) is 11.4 Å². The van der Waals surface area contributed by atoms with Crippen molar-refractivity contribution in [2.75, 3.05) is 23.3 Å². The lowest BCUT2D eigenvalue weighted by Gasteiger charge is -2.11. The van der Waals surface area contributed by atoms with E-state index in [1.807, 2.05) is 13.8 Å².